The van der Waals surface area contributed by atoms with Crippen molar-refractivity contribution in [3.63, 3.8) is 0 Å². The first-order valence-corrected chi connectivity index (χ1v) is 10.7. The fourth-order valence-corrected chi connectivity index (χ4v) is 3.39. The van der Waals surface area contributed by atoms with Gasteiger partial charge in [-0.25, -0.2) is 9.78 Å². The van der Waals surface area contributed by atoms with E-state index >= 15 is 0 Å². The van der Waals surface area contributed by atoms with Gasteiger partial charge in [0, 0.05) is 32.4 Å². The summed E-state index contributed by atoms with van der Waals surface area (Å²) in [6.45, 7) is 6.55. The van der Waals surface area contributed by atoms with Crippen LogP contribution in [0.1, 0.15) is 34.6 Å². The van der Waals surface area contributed by atoms with Gasteiger partial charge in [-0.05, 0) is 38.1 Å². The molecule has 170 valence electrons. The molecule has 1 saturated heterocycles. The monoisotopic (exact) mass is 440 g/mol. The molecule has 1 aromatic heterocycles. The normalized spacial score (nSPS) is 13.4. The summed E-state index contributed by atoms with van der Waals surface area (Å²) < 4.78 is 10.4. The largest absolute Gasteiger partial charge is 0.493 e. The van der Waals surface area contributed by atoms with Crippen LogP contribution in [0.25, 0.3) is 0 Å². The van der Waals surface area contributed by atoms with E-state index in [0.29, 0.717) is 56.3 Å². The van der Waals surface area contributed by atoms with Crippen molar-refractivity contribution in [2.45, 2.75) is 13.8 Å². The number of anilines is 1. The van der Waals surface area contributed by atoms with Gasteiger partial charge in [-0.2, -0.15) is 0 Å². The maximum Gasteiger partial charge on any atom is 0.339 e. The maximum absolute atomic E-state index is 12.6. The van der Waals surface area contributed by atoms with E-state index in [4.69, 9.17) is 9.47 Å². The third kappa shape index (κ3) is 5.75. The highest BCUT2D eigenvalue weighted by atomic mass is 16.5. The number of para-hydroxylation sites is 1. The Morgan fingerprint density at radius 3 is 2.41 bits per heavy atom. The number of nitrogens with zero attached hydrogens (tertiary/aromatic N) is 3. The zero-order valence-electron chi connectivity index (χ0n) is 18.4. The minimum atomic E-state index is -0.395. The molecular weight excluding hydrogens is 412 g/mol. The van der Waals surface area contributed by atoms with Crippen LogP contribution in [0.3, 0.4) is 0 Å². The van der Waals surface area contributed by atoms with Crippen LogP contribution in [0, 0.1) is 0 Å². The molecular formula is C23H28N4O5. The molecule has 9 nitrogen and oxygen atoms in total. The zero-order chi connectivity index (χ0) is 22.9. The highest BCUT2D eigenvalue weighted by Crippen LogP contribution is 2.18. The second kappa shape index (κ2) is 11.1. The van der Waals surface area contributed by atoms with Crippen molar-refractivity contribution in [1.29, 1.82) is 0 Å². The number of esters is 1. The number of piperazine rings is 1. The van der Waals surface area contributed by atoms with Gasteiger partial charge in [-0.1, -0.05) is 12.1 Å². The minimum absolute atomic E-state index is 0.0776. The molecule has 1 N–H and O–H groups in total. The first-order chi connectivity index (χ1) is 15.5. The van der Waals surface area contributed by atoms with Crippen LogP contribution >= 0.6 is 0 Å². The first kappa shape index (κ1) is 23.1. The fourth-order valence-electron chi connectivity index (χ4n) is 3.39. The van der Waals surface area contributed by atoms with Crippen LogP contribution in [0.5, 0.6) is 5.75 Å². The molecule has 2 amide bonds. The SMILES string of the molecule is CCOC(=O)c1ccc(N2CCN(C(=O)CNC(=O)c3ccccc3OCC)CC2)nc1. The van der Waals surface area contributed by atoms with Crippen molar-refractivity contribution in [1.82, 2.24) is 15.2 Å². The predicted molar refractivity (Wildman–Crippen MR) is 119 cm³/mol. The highest BCUT2D eigenvalue weighted by Gasteiger charge is 2.23. The lowest BCUT2D eigenvalue weighted by Gasteiger charge is -2.35. The quantitative estimate of drug-likeness (QED) is 0.624. The number of pyridine rings is 1. The van der Waals surface area contributed by atoms with Crippen LogP contribution < -0.4 is 15.0 Å². The Bertz CT molecular complexity index is 940. The lowest BCUT2D eigenvalue weighted by molar-refractivity contribution is -0.130. The van der Waals surface area contributed by atoms with Crippen LogP contribution in [-0.4, -0.2) is 73.6 Å². The van der Waals surface area contributed by atoms with Crippen LogP contribution in [-0.2, 0) is 9.53 Å². The summed E-state index contributed by atoms with van der Waals surface area (Å²) in [4.78, 5) is 44.9. The maximum atomic E-state index is 12.6. The number of carbonyl (C=O) groups excluding carboxylic acids is 3. The molecule has 1 aliphatic rings. The molecule has 1 fully saturated rings. The number of hydrogen-bond acceptors (Lipinski definition) is 7. The van der Waals surface area contributed by atoms with Crippen molar-refractivity contribution in [2.24, 2.45) is 0 Å². The van der Waals surface area contributed by atoms with E-state index in [2.05, 4.69) is 15.2 Å². The number of aromatic nitrogens is 1. The van der Waals surface area contributed by atoms with E-state index in [1.807, 2.05) is 6.92 Å². The summed E-state index contributed by atoms with van der Waals surface area (Å²) in [5.74, 6) is 0.360. The zero-order valence-corrected chi connectivity index (χ0v) is 18.4. The van der Waals surface area contributed by atoms with Gasteiger partial charge in [0.15, 0.2) is 0 Å². The van der Waals surface area contributed by atoms with Gasteiger partial charge in [0.25, 0.3) is 5.91 Å². The molecule has 0 bridgehead atoms. The van der Waals surface area contributed by atoms with Gasteiger partial charge in [0.05, 0.1) is 30.9 Å². The number of nitrogens with one attached hydrogen (secondary N) is 1. The molecule has 2 aromatic rings. The Morgan fingerprint density at radius 1 is 1.00 bits per heavy atom. The van der Waals surface area contributed by atoms with Crippen molar-refractivity contribution in [3.05, 3.63) is 53.7 Å². The molecule has 9 heteroatoms. The van der Waals surface area contributed by atoms with Crippen LogP contribution in [0.15, 0.2) is 42.6 Å². The summed E-state index contributed by atoms with van der Waals surface area (Å²) in [6, 6.07) is 10.4. The molecule has 2 heterocycles. The smallest absolute Gasteiger partial charge is 0.339 e. The van der Waals surface area contributed by atoms with E-state index in [-0.39, 0.29) is 18.4 Å². The van der Waals surface area contributed by atoms with E-state index in [1.165, 1.54) is 6.20 Å². The molecule has 1 aliphatic heterocycles. The molecule has 0 atom stereocenters. The van der Waals surface area contributed by atoms with Gasteiger partial charge in [0.2, 0.25) is 5.91 Å². The lowest BCUT2D eigenvalue weighted by Crippen LogP contribution is -2.51. The predicted octanol–water partition coefficient (Wildman–Crippen LogP) is 1.74. The Kier molecular flexibility index (Phi) is 8.02. The van der Waals surface area contributed by atoms with Crippen LogP contribution in [0.4, 0.5) is 5.82 Å². The second-order valence-electron chi connectivity index (χ2n) is 7.11. The number of amides is 2. The van der Waals surface area contributed by atoms with Gasteiger partial charge >= 0.3 is 5.97 Å². The molecule has 0 aliphatic carbocycles. The number of rotatable bonds is 8. The Balaban J connectivity index is 1.48. The molecule has 0 unspecified atom stereocenters. The lowest BCUT2D eigenvalue weighted by atomic mass is 10.2. The average molecular weight is 441 g/mol. The molecule has 0 radical (unpaired) electrons. The Morgan fingerprint density at radius 2 is 1.75 bits per heavy atom. The highest BCUT2D eigenvalue weighted by molar-refractivity contribution is 5.98. The number of carbonyl (C=O) groups is 3. The van der Waals surface area contributed by atoms with Gasteiger partial charge in [-0.15, -0.1) is 0 Å². The topological polar surface area (TPSA) is 101 Å². The standard InChI is InChI=1S/C23H28N4O5/c1-3-31-19-8-6-5-7-18(19)22(29)25-16-21(28)27-13-11-26(12-14-27)20-10-9-17(15-24-20)23(30)32-4-2/h5-10,15H,3-4,11-14,16H2,1-2H3,(H,25,29). The molecule has 0 spiro atoms. The van der Waals surface area contributed by atoms with E-state index in [1.54, 1.807) is 48.2 Å². The van der Waals surface area contributed by atoms with Crippen molar-refractivity contribution < 1.29 is 23.9 Å². The first-order valence-electron chi connectivity index (χ1n) is 10.7. The second-order valence-corrected chi connectivity index (χ2v) is 7.11. The summed E-state index contributed by atoms with van der Waals surface area (Å²) in [6.07, 6.45) is 1.50. The Hall–Kier alpha value is -3.62. The van der Waals surface area contributed by atoms with E-state index < -0.39 is 5.97 Å². The Labute approximate surface area is 187 Å². The third-order valence-corrected chi connectivity index (χ3v) is 5.05. The molecule has 32 heavy (non-hydrogen) atoms. The molecule has 1 aromatic carbocycles. The van der Waals surface area contributed by atoms with Crippen molar-refractivity contribution >= 4 is 23.6 Å². The third-order valence-electron chi connectivity index (χ3n) is 5.05. The van der Waals surface area contributed by atoms with Crippen molar-refractivity contribution in [2.75, 3.05) is 50.8 Å². The average Bonchev–Trinajstić information content (AvgIpc) is 2.83. The van der Waals surface area contributed by atoms with E-state index in [0.717, 1.165) is 5.82 Å². The minimum Gasteiger partial charge on any atom is -0.493 e. The summed E-state index contributed by atoms with van der Waals surface area (Å²) in [5, 5.41) is 2.68. The number of hydrogen-bond donors (Lipinski definition) is 1. The number of benzene rings is 1. The summed E-state index contributed by atoms with van der Waals surface area (Å²) >= 11 is 0. The van der Waals surface area contributed by atoms with Gasteiger partial charge < -0.3 is 24.6 Å². The fraction of sp³-hybridized carbons (Fsp3) is 0.391. The summed E-state index contributed by atoms with van der Waals surface area (Å²) in [7, 11) is 0. The van der Waals surface area contributed by atoms with Gasteiger partial charge in [-0.3, -0.25) is 9.59 Å². The van der Waals surface area contributed by atoms with Gasteiger partial charge in [0.1, 0.15) is 11.6 Å². The molecule has 0 saturated carbocycles. The number of ether oxygens (including phenoxy) is 2. The molecule has 3 rings (SSSR count). The summed E-state index contributed by atoms with van der Waals surface area (Å²) in [5.41, 5.74) is 0.815. The van der Waals surface area contributed by atoms with Crippen molar-refractivity contribution in [3.8, 4) is 5.75 Å². The van der Waals surface area contributed by atoms with E-state index in [9.17, 15) is 14.4 Å². The van der Waals surface area contributed by atoms with Crippen LogP contribution in [0.2, 0.25) is 0 Å².